The smallest absolute Gasteiger partial charge is 0.307 e. The van der Waals surface area contributed by atoms with Gasteiger partial charge in [0.2, 0.25) is 5.91 Å². The quantitative estimate of drug-likeness (QED) is 0.722. The molecule has 20 heavy (non-hydrogen) atoms. The van der Waals surface area contributed by atoms with Crippen molar-refractivity contribution < 1.29 is 14.3 Å². The number of esters is 1. The van der Waals surface area contributed by atoms with Crippen molar-refractivity contribution in [3.8, 4) is 0 Å². The summed E-state index contributed by atoms with van der Waals surface area (Å²) >= 11 is 0. The topological polar surface area (TPSA) is 67.4 Å². The maximum atomic E-state index is 12.1. The molecule has 0 unspecified atom stereocenters. The first-order valence-corrected chi connectivity index (χ1v) is 7.72. The minimum absolute atomic E-state index is 0.0899. The van der Waals surface area contributed by atoms with Crippen molar-refractivity contribution >= 4 is 11.9 Å². The van der Waals surface area contributed by atoms with Crippen LogP contribution in [0.5, 0.6) is 0 Å². The molecule has 5 heteroatoms. The van der Waals surface area contributed by atoms with Crippen LogP contribution in [0.3, 0.4) is 0 Å². The Bertz CT molecular complexity index is 347. The van der Waals surface area contributed by atoms with Crippen LogP contribution in [0.2, 0.25) is 0 Å². The van der Waals surface area contributed by atoms with Crippen LogP contribution < -0.4 is 10.6 Å². The second-order valence-corrected chi connectivity index (χ2v) is 6.17. The number of carbonyl (C=O) groups is 2. The molecule has 114 valence electrons. The van der Waals surface area contributed by atoms with E-state index < -0.39 is 0 Å². The molecule has 2 rings (SSSR count). The van der Waals surface area contributed by atoms with Gasteiger partial charge < -0.3 is 15.4 Å². The summed E-state index contributed by atoms with van der Waals surface area (Å²) in [6.07, 6.45) is 7.03. The highest BCUT2D eigenvalue weighted by Gasteiger charge is 2.40. The van der Waals surface area contributed by atoms with Gasteiger partial charge in [0, 0.05) is 6.42 Å². The summed E-state index contributed by atoms with van der Waals surface area (Å²) in [5.74, 6) is 0.524. The number of nitrogens with one attached hydrogen (secondary N) is 2. The van der Waals surface area contributed by atoms with Gasteiger partial charge in [0.25, 0.3) is 0 Å². The Morgan fingerprint density at radius 3 is 2.55 bits per heavy atom. The molecule has 0 aromatic heterocycles. The lowest BCUT2D eigenvalue weighted by atomic mass is 9.74. The summed E-state index contributed by atoms with van der Waals surface area (Å²) in [4.78, 5) is 23.5. The Morgan fingerprint density at radius 2 is 2.00 bits per heavy atom. The Balaban J connectivity index is 1.73. The van der Waals surface area contributed by atoms with Crippen LogP contribution in [0, 0.1) is 5.92 Å². The summed E-state index contributed by atoms with van der Waals surface area (Å²) in [5, 5.41) is 6.41. The van der Waals surface area contributed by atoms with Crippen LogP contribution in [0.25, 0.3) is 0 Å². The van der Waals surface area contributed by atoms with Crippen molar-refractivity contribution in [3.05, 3.63) is 0 Å². The molecule has 2 fully saturated rings. The molecule has 1 amide bonds. The van der Waals surface area contributed by atoms with Crippen molar-refractivity contribution in [2.75, 3.05) is 20.2 Å². The van der Waals surface area contributed by atoms with Crippen molar-refractivity contribution in [1.29, 1.82) is 0 Å². The lowest BCUT2D eigenvalue weighted by molar-refractivity contribution is -0.144. The Labute approximate surface area is 120 Å². The third-order valence-electron chi connectivity index (χ3n) is 4.66. The van der Waals surface area contributed by atoms with Gasteiger partial charge in [-0.25, -0.2) is 0 Å². The molecular formula is C15H26N2O3. The molecular weight excluding hydrogens is 256 g/mol. The molecule has 0 bridgehead atoms. The number of ether oxygens (including phenoxy) is 1. The fourth-order valence-corrected chi connectivity index (χ4v) is 3.16. The number of piperidine rings is 1. The van der Waals surface area contributed by atoms with Gasteiger partial charge >= 0.3 is 5.97 Å². The van der Waals surface area contributed by atoms with E-state index in [2.05, 4.69) is 10.6 Å². The largest absolute Gasteiger partial charge is 0.469 e. The van der Waals surface area contributed by atoms with Crippen LogP contribution in [0.15, 0.2) is 0 Å². The average Bonchev–Trinajstić information content (AvgIpc) is 2.43. The molecule has 1 aliphatic carbocycles. The van der Waals surface area contributed by atoms with E-state index in [0.29, 0.717) is 18.8 Å². The second-order valence-electron chi connectivity index (χ2n) is 6.17. The molecule has 1 aliphatic heterocycles. The van der Waals surface area contributed by atoms with E-state index in [1.165, 1.54) is 20.0 Å². The molecule has 0 spiro atoms. The van der Waals surface area contributed by atoms with E-state index in [9.17, 15) is 9.59 Å². The van der Waals surface area contributed by atoms with Gasteiger partial charge in [-0.3, -0.25) is 9.59 Å². The lowest BCUT2D eigenvalue weighted by Crippen LogP contribution is -2.54. The monoisotopic (exact) mass is 282 g/mol. The maximum absolute atomic E-state index is 12.1. The molecule has 1 saturated heterocycles. The number of methoxy groups -OCH3 is 1. The van der Waals surface area contributed by atoms with Crippen molar-refractivity contribution in [2.45, 2.75) is 56.9 Å². The Kier molecular flexibility index (Phi) is 5.40. The van der Waals surface area contributed by atoms with E-state index >= 15 is 0 Å². The van der Waals surface area contributed by atoms with Gasteiger partial charge in [-0.05, 0) is 57.5 Å². The number of hydrogen-bond acceptors (Lipinski definition) is 4. The minimum atomic E-state index is -0.321. The van der Waals surface area contributed by atoms with Crippen LogP contribution in [-0.2, 0) is 14.3 Å². The highest BCUT2D eigenvalue weighted by atomic mass is 16.5. The molecule has 0 radical (unpaired) electrons. The molecule has 2 aliphatic rings. The fourth-order valence-electron chi connectivity index (χ4n) is 3.16. The first kappa shape index (κ1) is 15.3. The minimum Gasteiger partial charge on any atom is -0.469 e. The SMILES string of the molecule is COC(=O)CC1(NC(=O)CCC2CCNCC2)CCC1. The highest BCUT2D eigenvalue weighted by molar-refractivity contribution is 5.79. The predicted molar refractivity (Wildman–Crippen MR) is 76.2 cm³/mol. The first-order valence-electron chi connectivity index (χ1n) is 7.72. The van der Waals surface area contributed by atoms with Crippen LogP contribution in [-0.4, -0.2) is 37.6 Å². The summed E-state index contributed by atoms with van der Waals surface area (Å²) in [7, 11) is 1.40. The fraction of sp³-hybridized carbons (Fsp3) is 0.867. The molecule has 2 N–H and O–H groups in total. The molecule has 0 aromatic carbocycles. The maximum Gasteiger partial charge on any atom is 0.307 e. The Morgan fingerprint density at radius 1 is 1.30 bits per heavy atom. The summed E-state index contributed by atoms with van der Waals surface area (Å²) in [6.45, 7) is 2.14. The summed E-state index contributed by atoms with van der Waals surface area (Å²) < 4.78 is 4.72. The van der Waals surface area contributed by atoms with Crippen LogP contribution >= 0.6 is 0 Å². The molecule has 0 atom stereocenters. The van der Waals surface area contributed by atoms with E-state index in [-0.39, 0.29) is 17.4 Å². The molecule has 1 saturated carbocycles. The zero-order chi connectivity index (χ0) is 14.4. The average molecular weight is 282 g/mol. The van der Waals surface area contributed by atoms with Crippen molar-refractivity contribution in [3.63, 3.8) is 0 Å². The summed E-state index contributed by atoms with van der Waals surface area (Å²) in [5.41, 5.74) is -0.321. The number of rotatable bonds is 6. The number of hydrogen-bond donors (Lipinski definition) is 2. The highest BCUT2D eigenvalue weighted by Crippen LogP contribution is 2.35. The Hall–Kier alpha value is -1.10. The zero-order valence-electron chi connectivity index (χ0n) is 12.4. The van der Waals surface area contributed by atoms with Gasteiger partial charge in [0.1, 0.15) is 0 Å². The van der Waals surface area contributed by atoms with E-state index in [1.54, 1.807) is 0 Å². The van der Waals surface area contributed by atoms with Gasteiger partial charge in [-0.15, -0.1) is 0 Å². The number of amides is 1. The summed E-state index contributed by atoms with van der Waals surface area (Å²) in [6, 6.07) is 0. The van der Waals surface area contributed by atoms with Crippen LogP contribution in [0.4, 0.5) is 0 Å². The second kappa shape index (κ2) is 7.07. The third kappa shape index (κ3) is 4.20. The lowest BCUT2D eigenvalue weighted by Gasteiger charge is -2.41. The first-order chi connectivity index (χ1) is 9.63. The van der Waals surface area contributed by atoms with E-state index in [4.69, 9.17) is 4.74 Å². The third-order valence-corrected chi connectivity index (χ3v) is 4.66. The van der Waals surface area contributed by atoms with Crippen molar-refractivity contribution in [2.24, 2.45) is 5.92 Å². The van der Waals surface area contributed by atoms with Crippen molar-refractivity contribution in [1.82, 2.24) is 10.6 Å². The van der Waals surface area contributed by atoms with Gasteiger partial charge in [0.05, 0.1) is 19.1 Å². The van der Waals surface area contributed by atoms with Crippen LogP contribution in [0.1, 0.15) is 51.4 Å². The molecule has 1 heterocycles. The normalized spacial score (nSPS) is 21.9. The van der Waals surface area contributed by atoms with Gasteiger partial charge in [-0.2, -0.15) is 0 Å². The predicted octanol–water partition coefficient (Wildman–Crippen LogP) is 1.37. The molecule has 5 nitrogen and oxygen atoms in total. The van der Waals surface area contributed by atoms with E-state index in [1.807, 2.05) is 0 Å². The molecule has 0 aromatic rings. The van der Waals surface area contributed by atoms with Gasteiger partial charge in [-0.1, -0.05) is 0 Å². The van der Waals surface area contributed by atoms with E-state index in [0.717, 1.165) is 38.8 Å². The zero-order valence-corrected chi connectivity index (χ0v) is 12.4. The standard InChI is InChI=1S/C15H26N2O3/c1-20-14(19)11-15(7-2-8-15)17-13(18)4-3-12-5-9-16-10-6-12/h12,16H,2-11H2,1H3,(H,17,18). The number of carbonyl (C=O) groups excluding carboxylic acids is 2. The van der Waals surface area contributed by atoms with Gasteiger partial charge in [0.15, 0.2) is 0 Å².